The Labute approximate surface area is 191 Å². The van der Waals surface area contributed by atoms with Crippen molar-refractivity contribution in [1.29, 1.82) is 0 Å². The summed E-state index contributed by atoms with van der Waals surface area (Å²) < 4.78 is 0. The molecular weight excluding hydrogens is 398 g/mol. The molecule has 0 radical (unpaired) electrons. The summed E-state index contributed by atoms with van der Waals surface area (Å²) in [5.74, 6) is 0.939. The van der Waals surface area contributed by atoms with Crippen LogP contribution in [0.3, 0.4) is 0 Å². The number of piperidine rings is 1. The second-order valence-electron chi connectivity index (χ2n) is 9.47. The Morgan fingerprint density at radius 1 is 1.09 bits per heavy atom. The number of hydrogen-bond acceptors (Lipinski definition) is 6. The molecule has 6 heteroatoms. The Balaban J connectivity index is 1.56. The molecule has 6 N–H and O–H groups in total. The average molecular weight is 436 g/mol. The fraction of sp³-hybridized carbons (Fsp3) is 0.500. The summed E-state index contributed by atoms with van der Waals surface area (Å²) in [4.78, 5) is 7.38. The number of hydrogen-bond donors (Lipinski definition) is 4. The molecule has 32 heavy (non-hydrogen) atoms. The minimum Gasteiger partial charge on any atom is -0.402 e. The van der Waals surface area contributed by atoms with Gasteiger partial charge in [-0.25, -0.2) is 4.98 Å². The van der Waals surface area contributed by atoms with Gasteiger partial charge in [-0.3, -0.25) is 0 Å². The highest BCUT2D eigenvalue weighted by molar-refractivity contribution is 5.88. The lowest BCUT2D eigenvalue weighted by Crippen LogP contribution is -2.51. The van der Waals surface area contributed by atoms with Gasteiger partial charge in [0, 0.05) is 47.5 Å². The highest BCUT2D eigenvalue weighted by atomic mass is 16.3. The quantitative estimate of drug-likeness (QED) is 0.536. The van der Waals surface area contributed by atoms with Gasteiger partial charge in [0.15, 0.2) is 0 Å². The largest absolute Gasteiger partial charge is 0.402 e. The molecule has 1 aliphatic heterocycles. The first-order valence-corrected chi connectivity index (χ1v) is 11.9. The highest BCUT2D eigenvalue weighted by Gasteiger charge is 2.28. The Bertz CT molecular complexity index is 1000. The second kappa shape index (κ2) is 9.92. The second-order valence-corrected chi connectivity index (χ2v) is 9.47. The van der Waals surface area contributed by atoms with Crippen molar-refractivity contribution in [2.75, 3.05) is 18.0 Å². The number of nitrogens with two attached hydrogens (primary N) is 2. The normalized spacial score (nSPS) is 23.7. The van der Waals surface area contributed by atoms with E-state index in [1.54, 1.807) is 0 Å². The van der Waals surface area contributed by atoms with Gasteiger partial charge in [0.05, 0.1) is 11.6 Å². The molecular formula is C26H37N5O. The van der Waals surface area contributed by atoms with Gasteiger partial charge in [-0.05, 0) is 69.9 Å². The maximum absolute atomic E-state index is 10.3. The summed E-state index contributed by atoms with van der Waals surface area (Å²) in [5, 5.41) is 15.1. The van der Waals surface area contributed by atoms with Crippen LogP contribution in [0.25, 0.3) is 16.6 Å². The van der Waals surface area contributed by atoms with E-state index in [1.807, 2.05) is 19.1 Å². The Morgan fingerprint density at radius 2 is 1.84 bits per heavy atom. The van der Waals surface area contributed by atoms with Gasteiger partial charge in [0.25, 0.3) is 0 Å². The number of aliphatic hydroxyl groups excluding tert-OH is 1. The number of benzene rings is 1. The van der Waals surface area contributed by atoms with Crippen molar-refractivity contribution in [2.24, 2.45) is 11.5 Å². The molecule has 2 atom stereocenters. The van der Waals surface area contributed by atoms with Crippen LogP contribution in [-0.4, -0.2) is 41.4 Å². The third-order valence-electron chi connectivity index (χ3n) is 6.76. The zero-order valence-corrected chi connectivity index (χ0v) is 19.3. The molecule has 1 aromatic heterocycles. The maximum Gasteiger partial charge on any atom is 0.138 e. The smallest absolute Gasteiger partial charge is 0.138 e. The van der Waals surface area contributed by atoms with Crippen LogP contribution in [0.5, 0.6) is 0 Å². The summed E-state index contributed by atoms with van der Waals surface area (Å²) >= 11 is 0. The number of nitrogens with zero attached hydrogens (tertiary/aromatic N) is 2. The molecule has 2 heterocycles. The Kier molecular flexibility index (Phi) is 7.01. The zero-order chi connectivity index (χ0) is 22.7. The molecule has 1 aliphatic carbocycles. The van der Waals surface area contributed by atoms with Crippen molar-refractivity contribution in [3.05, 3.63) is 53.2 Å². The summed E-state index contributed by atoms with van der Waals surface area (Å²) in [6.45, 7) is 5.77. The third kappa shape index (κ3) is 5.25. The summed E-state index contributed by atoms with van der Waals surface area (Å²) in [6.07, 6.45) is 9.91. The zero-order valence-electron chi connectivity index (χ0n) is 19.3. The standard InChI is InChI=1S/C26H37N5O/c1-17-7-10-23-19(15-17)16-21(22(28)9-8-18(2)27)26(30-23)31-13-11-20(12-14-31)29-24-5-3-4-6-25(24)32/h7-10,15-16,20,24-25,29,32H,3-6,11-14,27-28H2,1-2H3/b18-8-,22-9-/t24-,25-/m0/s1. The van der Waals surface area contributed by atoms with E-state index in [9.17, 15) is 5.11 Å². The molecule has 0 bridgehead atoms. The SMILES string of the molecule is C/C(N)=C/C=C(\N)c1cc2cc(C)ccc2nc1N1CCC(N[C@H]2CCCC[C@@H]2O)CC1. The molecule has 172 valence electrons. The average Bonchev–Trinajstić information content (AvgIpc) is 2.78. The number of rotatable bonds is 5. The Hall–Kier alpha value is -2.57. The molecule has 6 nitrogen and oxygen atoms in total. The lowest BCUT2D eigenvalue weighted by molar-refractivity contribution is 0.0828. The molecule has 2 aliphatic rings. The van der Waals surface area contributed by atoms with Gasteiger partial charge in [0.1, 0.15) is 5.82 Å². The lowest BCUT2D eigenvalue weighted by Gasteiger charge is -2.38. The van der Waals surface area contributed by atoms with Crippen molar-refractivity contribution in [2.45, 2.75) is 70.6 Å². The summed E-state index contributed by atoms with van der Waals surface area (Å²) in [5.41, 5.74) is 16.9. The molecule has 1 saturated heterocycles. The van der Waals surface area contributed by atoms with E-state index in [1.165, 1.54) is 12.0 Å². The van der Waals surface area contributed by atoms with Crippen LogP contribution in [0.2, 0.25) is 0 Å². The minimum absolute atomic E-state index is 0.206. The molecule has 0 spiro atoms. The molecule has 0 unspecified atom stereocenters. The topological polar surface area (TPSA) is 100 Å². The van der Waals surface area contributed by atoms with Gasteiger partial charge in [-0.15, -0.1) is 0 Å². The number of aliphatic hydroxyl groups is 1. The van der Waals surface area contributed by atoms with Crippen molar-refractivity contribution in [1.82, 2.24) is 10.3 Å². The summed E-state index contributed by atoms with van der Waals surface area (Å²) in [6, 6.07) is 9.16. The first-order valence-electron chi connectivity index (χ1n) is 11.9. The van der Waals surface area contributed by atoms with Gasteiger partial charge in [-0.1, -0.05) is 24.5 Å². The van der Waals surface area contributed by atoms with E-state index >= 15 is 0 Å². The third-order valence-corrected chi connectivity index (χ3v) is 6.76. The van der Waals surface area contributed by atoms with E-state index in [4.69, 9.17) is 16.5 Å². The van der Waals surface area contributed by atoms with Gasteiger partial charge < -0.3 is 26.8 Å². The van der Waals surface area contributed by atoms with E-state index in [0.29, 0.717) is 11.7 Å². The molecule has 1 saturated carbocycles. The van der Waals surface area contributed by atoms with Crippen LogP contribution in [-0.2, 0) is 0 Å². The predicted octanol–water partition coefficient (Wildman–Crippen LogP) is 3.57. The van der Waals surface area contributed by atoms with Crippen molar-refractivity contribution in [3.8, 4) is 0 Å². The number of anilines is 1. The van der Waals surface area contributed by atoms with Crippen LogP contribution in [0.4, 0.5) is 5.82 Å². The minimum atomic E-state index is -0.206. The lowest BCUT2D eigenvalue weighted by atomic mass is 9.91. The van der Waals surface area contributed by atoms with Crippen LogP contribution in [0.1, 0.15) is 56.6 Å². The van der Waals surface area contributed by atoms with Crippen molar-refractivity contribution in [3.63, 3.8) is 0 Å². The fourth-order valence-electron chi connectivity index (χ4n) is 4.92. The highest BCUT2D eigenvalue weighted by Crippen LogP contribution is 2.30. The van der Waals surface area contributed by atoms with Gasteiger partial charge in [0.2, 0.25) is 0 Å². The van der Waals surface area contributed by atoms with E-state index in [-0.39, 0.29) is 12.1 Å². The van der Waals surface area contributed by atoms with Crippen molar-refractivity contribution >= 4 is 22.4 Å². The first kappa shape index (κ1) is 22.6. The molecule has 2 fully saturated rings. The fourth-order valence-corrected chi connectivity index (χ4v) is 4.92. The van der Waals surface area contributed by atoms with Gasteiger partial charge >= 0.3 is 0 Å². The molecule has 1 aromatic carbocycles. The van der Waals surface area contributed by atoms with Crippen molar-refractivity contribution < 1.29 is 5.11 Å². The van der Waals surface area contributed by atoms with Crippen LogP contribution in [0.15, 0.2) is 42.1 Å². The number of aryl methyl sites for hydroxylation is 1. The molecule has 2 aromatic rings. The van der Waals surface area contributed by atoms with Crippen LogP contribution in [0, 0.1) is 6.92 Å². The molecule has 4 rings (SSSR count). The molecule has 0 amide bonds. The first-order chi connectivity index (χ1) is 15.4. The van der Waals surface area contributed by atoms with E-state index in [2.05, 4.69) is 41.4 Å². The predicted molar refractivity (Wildman–Crippen MR) is 133 cm³/mol. The summed E-state index contributed by atoms with van der Waals surface area (Å²) in [7, 11) is 0. The maximum atomic E-state index is 10.3. The Morgan fingerprint density at radius 3 is 2.56 bits per heavy atom. The number of allylic oxidation sites excluding steroid dienone is 3. The number of pyridine rings is 1. The van der Waals surface area contributed by atoms with E-state index in [0.717, 1.165) is 73.2 Å². The monoisotopic (exact) mass is 435 g/mol. The van der Waals surface area contributed by atoms with Gasteiger partial charge in [-0.2, -0.15) is 0 Å². The number of aromatic nitrogens is 1. The number of nitrogens with one attached hydrogen (secondary N) is 1. The van der Waals surface area contributed by atoms with Crippen LogP contribution < -0.4 is 21.7 Å². The van der Waals surface area contributed by atoms with Crippen LogP contribution >= 0.6 is 0 Å². The van der Waals surface area contributed by atoms with E-state index < -0.39 is 0 Å². The number of fused-ring (bicyclic) bond motifs is 1.